The van der Waals surface area contributed by atoms with Crippen molar-refractivity contribution < 1.29 is 4.74 Å². The number of para-hydroxylation sites is 1. The summed E-state index contributed by atoms with van der Waals surface area (Å²) in [5, 5.41) is 1.05. The van der Waals surface area contributed by atoms with Crippen molar-refractivity contribution in [1.29, 1.82) is 0 Å². The molecule has 1 aromatic rings. The van der Waals surface area contributed by atoms with E-state index in [4.69, 9.17) is 4.74 Å². The maximum absolute atomic E-state index is 5.40. The number of methoxy groups -OCH3 is 1. The maximum atomic E-state index is 5.40. The highest BCUT2D eigenvalue weighted by molar-refractivity contribution is 9.09. The third kappa shape index (κ3) is 4.62. The molecule has 2 nitrogen and oxygen atoms in total. The second kappa shape index (κ2) is 7.80. The van der Waals surface area contributed by atoms with E-state index in [9.17, 15) is 0 Å². The lowest BCUT2D eigenvalue weighted by atomic mass is 10.0. The molecule has 0 aliphatic carbocycles. The lowest BCUT2D eigenvalue weighted by Crippen LogP contribution is -2.34. The number of hydrogen-bond donors (Lipinski definition) is 0. The highest BCUT2D eigenvalue weighted by atomic mass is 79.9. The molecule has 0 aliphatic rings. The Hall–Kier alpha value is -0.540. The number of likely N-dealkylation sites (N-methyl/N-ethyl adjacent to an activating group) is 1. The maximum Gasteiger partial charge on any atom is 0.122 e. The van der Waals surface area contributed by atoms with Gasteiger partial charge in [0.15, 0.2) is 0 Å². The number of hydrogen-bond acceptors (Lipinski definition) is 2. The number of nitrogens with zero attached hydrogens (tertiary/aromatic N) is 1. The normalized spacial score (nSPS) is 14.6. The van der Waals surface area contributed by atoms with E-state index in [2.05, 4.69) is 53.9 Å². The molecule has 0 saturated carbocycles. The zero-order chi connectivity index (χ0) is 13.5. The second-order valence-electron chi connectivity index (χ2n) is 5.06. The van der Waals surface area contributed by atoms with Crippen LogP contribution in [-0.4, -0.2) is 37.0 Å². The molecule has 0 N–H and O–H groups in total. The first-order valence-corrected chi connectivity index (χ1v) is 7.58. The van der Waals surface area contributed by atoms with Crippen LogP contribution in [-0.2, 0) is 6.42 Å². The van der Waals surface area contributed by atoms with Crippen LogP contribution in [0.15, 0.2) is 24.3 Å². The Bertz CT molecular complexity index is 356. The molecule has 1 rings (SSSR count). The monoisotopic (exact) mass is 313 g/mol. The van der Waals surface area contributed by atoms with Gasteiger partial charge in [0.2, 0.25) is 0 Å². The fourth-order valence-corrected chi connectivity index (χ4v) is 2.27. The molecule has 0 spiro atoms. The molecule has 0 amide bonds. The van der Waals surface area contributed by atoms with E-state index < -0.39 is 0 Å². The van der Waals surface area contributed by atoms with Gasteiger partial charge in [0, 0.05) is 17.9 Å². The van der Waals surface area contributed by atoms with Crippen LogP contribution in [0.1, 0.15) is 19.4 Å². The smallest absolute Gasteiger partial charge is 0.122 e. The van der Waals surface area contributed by atoms with Gasteiger partial charge in [-0.3, -0.25) is 0 Å². The van der Waals surface area contributed by atoms with Gasteiger partial charge >= 0.3 is 0 Å². The van der Waals surface area contributed by atoms with Gasteiger partial charge in [0.05, 0.1) is 7.11 Å². The van der Waals surface area contributed by atoms with Gasteiger partial charge in [-0.2, -0.15) is 0 Å². The fraction of sp³-hybridized carbons (Fsp3) is 0.600. The summed E-state index contributed by atoms with van der Waals surface area (Å²) in [6.07, 6.45) is 1.02. The van der Waals surface area contributed by atoms with Crippen LogP contribution in [0, 0.1) is 5.92 Å². The SMILES string of the molecule is COc1ccccc1CC(C)N(C)CC(C)CBr. The highest BCUT2D eigenvalue weighted by Crippen LogP contribution is 2.20. The molecule has 2 unspecified atom stereocenters. The van der Waals surface area contributed by atoms with Crippen molar-refractivity contribution in [3.63, 3.8) is 0 Å². The fourth-order valence-electron chi connectivity index (χ4n) is 2.07. The van der Waals surface area contributed by atoms with Crippen molar-refractivity contribution in [1.82, 2.24) is 4.90 Å². The zero-order valence-electron chi connectivity index (χ0n) is 11.8. The van der Waals surface area contributed by atoms with Crippen LogP contribution in [0.2, 0.25) is 0 Å². The minimum Gasteiger partial charge on any atom is -0.496 e. The molecule has 102 valence electrons. The van der Waals surface area contributed by atoms with Crippen molar-refractivity contribution in [3.8, 4) is 5.75 Å². The summed E-state index contributed by atoms with van der Waals surface area (Å²) in [6, 6.07) is 8.79. The number of benzene rings is 1. The van der Waals surface area contributed by atoms with Gasteiger partial charge in [0.1, 0.15) is 5.75 Å². The minimum absolute atomic E-state index is 0.516. The van der Waals surface area contributed by atoms with E-state index in [1.165, 1.54) is 5.56 Å². The quantitative estimate of drug-likeness (QED) is 0.713. The first kappa shape index (κ1) is 15.5. The van der Waals surface area contributed by atoms with Crippen molar-refractivity contribution in [2.24, 2.45) is 5.92 Å². The molecule has 0 heterocycles. The number of rotatable bonds is 7. The van der Waals surface area contributed by atoms with E-state index in [1.54, 1.807) is 7.11 Å². The Labute approximate surface area is 119 Å². The first-order chi connectivity index (χ1) is 8.58. The molecule has 0 aromatic heterocycles. The molecule has 2 atom stereocenters. The molecule has 1 aromatic carbocycles. The molecule has 18 heavy (non-hydrogen) atoms. The molecule has 0 aliphatic heterocycles. The standard InChI is InChI=1S/C15H24BrNO/c1-12(10-16)11-17(3)13(2)9-14-7-5-6-8-15(14)18-4/h5-8,12-13H,9-11H2,1-4H3. The summed E-state index contributed by atoms with van der Waals surface area (Å²) in [7, 11) is 3.93. The zero-order valence-corrected chi connectivity index (χ0v) is 13.4. The van der Waals surface area contributed by atoms with Crippen LogP contribution in [0.5, 0.6) is 5.75 Å². The predicted molar refractivity (Wildman–Crippen MR) is 81.7 cm³/mol. The Balaban J connectivity index is 2.60. The predicted octanol–water partition coefficient (Wildman–Crippen LogP) is 3.59. The number of ether oxygens (including phenoxy) is 1. The van der Waals surface area contributed by atoms with Crippen molar-refractivity contribution in [2.75, 3.05) is 26.0 Å². The van der Waals surface area contributed by atoms with E-state index in [0.29, 0.717) is 12.0 Å². The highest BCUT2D eigenvalue weighted by Gasteiger charge is 2.14. The Kier molecular flexibility index (Phi) is 6.72. The van der Waals surface area contributed by atoms with Crippen LogP contribution >= 0.6 is 15.9 Å². The van der Waals surface area contributed by atoms with Crippen LogP contribution in [0.3, 0.4) is 0 Å². The van der Waals surface area contributed by atoms with E-state index >= 15 is 0 Å². The van der Waals surface area contributed by atoms with Crippen LogP contribution in [0.4, 0.5) is 0 Å². The third-order valence-corrected chi connectivity index (χ3v) is 4.43. The average Bonchev–Trinajstić information content (AvgIpc) is 2.39. The van der Waals surface area contributed by atoms with E-state index in [1.807, 2.05) is 12.1 Å². The molecule has 0 saturated heterocycles. The summed E-state index contributed by atoms with van der Waals surface area (Å²) < 4.78 is 5.40. The van der Waals surface area contributed by atoms with Crippen molar-refractivity contribution >= 4 is 15.9 Å². The van der Waals surface area contributed by atoms with Gasteiger partial charge in [-0.1, -0.05) is 41.1 Å². The number of halogens is 1. The number of alkyl halides is 1. The van der Waals surface area contributed by atoms with Crippen LogP contribution in [0.25, 0.3) is 0 Å². The molecular weight excluding hydrogens is 290 g/mol. The Morgan fingerprint density at radius 2 is 1.94 bits per heavy atom. The van der Waals surface area contributed by atoms with E-state index in [0.717, 1.165) is 24.0 Å². The van der Waals surface area contributed by atoms with Crippen LogP contribution < -0.4 is 4.74 Å². The molecule has 0 fully saturated rings. The third-order valence-electron chi connectivity index (χ3n) is 3.32. The lowest BCUT2D eigenvalue weighted by molar-refractivity contribution is 0.230. The summed E-state index contributed by atoms with van der Waals surface area (Å²) in [6.45, 7) is 5.65. The summed E-state index contributed by atoms with van der Waals surface area (Å²) >= 11 is 3.54. The van der Waals surface area contributed by atoms with Gasteiger partial charge in [-0.25, -0.2) is 0 Å². The first-order valence-electron chi connectivity index (χ1n) is 6.46. The second-order valence-corrected chi connectivity index (χ2v) is 5.71. The molecule has 0 radical (unpaired) electrons. The van der Waals surface area contributed by atoms with Gasteiger partial charge in [-0.15, -0.1) is 0 Å². The topological polar surface area (TPSA) is 12.5 Å². The largest absolute Gasteiger partial charge is 0.496 e. The summed E-state index contributed by atoms with van der Waals surface area (Å²) in [5.74, 6) is 1.67. The van der Waals surface area contributed by atoms with Crippen molar-refractivity contribution in [3.05, 3.63) is 29.8 Å². The van der Waals surface area contributed by atoms with Gasteiger partial charge < -0.3 is 9.64 Å². The van der Waals surface area contributed by atoms with Gasteiger partial charge in [-0.05, 0) is 37.9 Å². The van der Waals surface area contributed by atoms with Crippen molar-refractivity contribution in [2.45, 2.75) is 26.3 Å². The molecule has 0 bridgehead atoms. The van der Waals surface area contributed by atoms with Gasteiger partial charge in [0.25, 0.3) is 0 Å². The Morgan fingerprint density at radius 3 is 2.56 bits per heavy atom. The average molecular weight is 314 g/mol. The summed E-state index contributed by atoms with van der Waals surface area (Å²) in [4.78, 5) is 2.42. The minimum atomic E-state index is 0.516. The molecule has 3 heteroatoms. The molecular formula is C15H24BrNO. The van der Waals surface area contributed by atoms with E-state index in [-0.39, 0.29) is 0 Å². The lowest BCUT2D eigenvalue weighted by Gasteiger charge is -2.27. The summed E-state index contributed by atoms with van der Waals surface area (Å²) in [5.41, 5.74) is 1.28. The Morgan fingerprint density at radius 1 is 1.28 bits per heavy atom.